The molecule has 8 nitrogen and oxygen atoms in total. The maximum atomic E-state index is 13.3. The van der Waals surface area contributed by atoms with Crippen LogP contribution in [0.1, 0.15) is 35.4 Å². The largest absolute Gasteiger partial charge is 0.507 e. The van der Waals surface area contributed by atoms with Crippen molar-refractivity contribution in [2.45, 2.75) is 26.5 Å². The van der Waals surface area contributed by atoms with Gasteiger partial charge in [0.05, 0.1) is 18.2 Å². The summed E-state index contributed by atoms with van der Waals surface area (Å²) in [6.07, 6.45) is 0. The number of hydrogen-bond donors (Lipinski definition) is 1. The highest BCUT2D eigenvalue weighted by atomic mass is 16.5. The van der Waals surface area contributed by atoms with Gasteiger partial charge in [-0.1, -0.05) is 47.6 Å². The number of aromatic nitrogens is 1. The van der Waals surface area contributed by atoms with Gasteiger partial charge in [-0.2, -0.15) is 0 Å². The number of benzene rings is 3. The molecular formula is C30H26N2O6. The van der Waals surface area contributed by atoms with Crippen molar-refractivity contribution in [2.24, 2.45) is 0 Å². The molecule has 1 aliphatic rings. The van der Waals surface area contributed by atoms with Crippen molar-refractivity contribution in [2.75, 3.05) is 11.5 Å². The van der Waals surface area contributed by atoms with Crippen LogP contribution in [0.4, 0.5) is 5.82 Å². The number of nitrogens with zero attached hydrogens (tertiary/aromatic N) is 2. The van der Waals surface area contributed by atoms with Crippen molar-refractivity contribution in [3.05, 3.63) is 113 Å². The lowest BCUT2D eigenvalue weighted by Crippen LogP contribution is -2.29. The fourth-order valence-electron chi connectivity index (χ4n) is 4.37. The smallest absolute Gasteiger partial charge is 0.301 e. The Morgan fingerprint density at radius 1 is 0.947 bits per heavy atom. The van der Waals surface area contributed by atoms with E-state index in [0.29, 0.717) is 41.6 Å². The van der Waals surface area contributed by atoms with Crippen molar-refractivity contribution in [1.29, 1.82) is 0 Å². The van der Waals surface area contributed by atoms with Gasteiger partial charge >= 0.3 is 5.91 Å². The number of ketones is 1. The van der Waals surface area contributed by atoms with E-state index in [4.69, 9.17) is 14.0 Å². The summed E-state index contributed by atoms with van der Waals surface area (Å²) >= 11 is 0. The molecule has 0 unspecified atom stereocenters. The minimum atomic E-state index is -0.922. The molecule has 3 aromatic carbocycles. The number of Topliss-reactive ketones (excluding diaryl/α,β-unsaturated/α-hetero) is 1. The molecule has 1 aromatic heterocycles. The van der Waals surface area contributed by atoms with Gasteiger partial charge in [0.15, 0.2) is 5.82 Å². The van der Waals surface area contributed by atoms with Crippen LogP contribution in [0.5, 0.6) is 11.5 Å². The molecule has 1 aliphatic heterocycles. The molecule has 2 heterocycles. The molecule has 5 rings (SSSR count). The van der Waals surface area contributed by atoms with Crippen LogP contribution in [0, 0.1) is 6.92 Å². The molecule has 192 valence electrons. The van der Waals surface area contributed by atoms with Gasteiger partial charge in [0.25, 0.3) is 5.78 Å². The minimum Gasteiger partial charge on any atom is -0.507 e. The Labute approximate surface area is 219 Å². The van der Waals surface area contributed by atoms with E-state index in [1.165, 1.54) is 4.90 Å². The quantitative estimate of drug-likeness (QED) is 0.187. The average Bonchev–Trinajstić information content (AvgIpc) is 3.48. The van der Waals surface area contributed by atoms with Gasteiger partial charge in [-0.05, 0) is 61.4 Å². The number of ether oxygens (including phenoxy) is 2. The second-order valence-electron chi connectivity index (χ2n) is 8.77. The lowest BCUT2D eigenvalue weighted by molar-refractivity contribution is -0.132. The topological polar surface area (TPSA) is 102 Å². The van der Waals surface area contributed by atoms with Crippen LogP contribution in [0.25, 0.3) is 5.76 Å². The predicted octanol–water partition coefficient (Wildman–Crippen LogP) is 5.59. The molecule has 1 atom stereocenters. The number of hydrogen-bond acceptors (Lipinski definition) is 7. The lowest BCUT2D eigenvalue weighted by atomic mass is 9.95. The highest BCUT2D eigenvalue weighted by Crippen LogP contribution is 2.42. The third-order valence-corrected chi connectivity index (χ3v) is 6.19. The maximum absolute atomic E-state index is 13.3. The molecular weight excluding hydrogens is 484 g/mol. The first-order valence-electron chi connectivity index (χ1n) is 12.2. The number of aliphatic hydroxyl groups is 1. The monoisotopic (exact) mass is 510 g/mol. The molecule has 1 saturated heterocycles. The van der Waals surface area contributed by atoms with E-state index in [9.17, 15) is 14.7 Å². The van der Waals surface area contributed by atoms with E-state index in [0.717, 1.165) is 5.56 Å². The van der Waals surface area contributed by atoms with Crippen LogP contribution in [0.3, 0.4) is 0 Å². The summed E-state index contributed by atoms with van der Waals surface area (Å²) in [6, 6.07) is 24.2. The first-order valence-corrected chi connectivity index (χ1v) is 12.2. The fourth-order valence-corrected chi connectivity index (χ4v) is 4.37. The number of carbonyl (C=O) groups is 2. The summed E-state index contributed by atoms with van der Waals surface area (Å²) in [7, 11) is 0. The standard InChI is InChI=1S/C30H26N2O6/c1-3-36-23-15-11-22(12-16-23)28(33)26-27(32(30(35)29(26)34)25-17-19(2)38-31-25)21-9-13-24(14-10-21)37-18-20-7-5-4-6-8-20/h4-17,27,33H,3,18H2,1-2H3/b28-26+/t27-/m0/s1. The zero-order valence-corrected chi connectivity index (χ0v) is 21.0. The number of amides is 1. The second kappa shape index (κ2) is 10.6. The van der Waals surface area contributed by atoms with E-state index in [-0.39, 0.29) is 17.2 Å². The van der Waals surface area contributed by atoms with E-state index in [1.807, 2.05) is 37.3 Å². The van der Waals surface area contributed by atoms with Crippen LogP contribution < -0.4 is 14.4 Å². The molecule has 0 spiro atoms. The number of aryl methyl sites for hydroxylation is 1. The Bertz CT molecular complexity index is 1470. The molecule has 4 aromatic rings. The predicted molar refractivity (Wildman–Crippen MR) is 141 cm³/mol. The Kier molecular flexibility index (Phi) is 6.95. The summed E-state index contributed by atoms with van der Waals surface area (Å²) in [5.41, 5.74) is 1.97. The zero-order chi connectivity index (χ0) is 26.6. The number of anilines is 1. The first kappa shape index (κ1) is 24.8. The molecule has 1 amide bonds. The van der Waals surface area contributed by atoms with Gasteiger partial charge in [0.1, 0.15) is 29.6 Å². The van der Waals surface area contributed by atoms with Gasteiger partial charge in [-0.3, -0.25) is 14.5 Å². The van der Waals surface area contributed by atoms with Gasteiger partial charge in [0.2, 0.25) is 0 Å². The Morgan fingerprint density at radius 3 is 2.24 bits per heavy atom. The first-order chi connectivity index (χ1) is 18.5. The lowest BCUT2D eigenvalue weighted by Gasteiger charge is -2.23. The summed E-state index contributed by atoms with van der Waals surface area (Å²) < 4.78 is 16.6. The zero-order valence-electron chi connectivity index (χ0n) is 21.0. The molecule has 0 radical (unpaired) electrons. The third kappa shape index (κ3) is 4.88. The Hall–Kier alpha value is -4.85. The van der Waals surface area contributed by atoms with Gasteiger partial charge < -0.3 is 19.1 Å². The maximum Gasteiger partial charge on any atom is 0.301 e. The molecule has 0 bridgehead atoms. The molecule has 8 heteroatoms. The van der Waals surface area contributed by atoms with E-state index >= 15 is 0 Å². The minimum absolute atomic E-state index is 0.0437. The number of carbonyl (C=O) groups excluding carboxylic acids is 2. The Balaban J connectivity index is 1.52. The molecule has 1 N–H and O–H groups in total. The molecule has 0 aliphatic carbocycles. The van der Waals surface area contributed by atoms with E-state index < -0.39 is 17.7 Å². The van der Waals surface area contributed by atoms with Crippen molar-refractivity contribution in [3.63, 3.8) is 0 Å². The summed E-state index contributed by atoms with van der Waals surface area (Å²) in [5, 5.41) is 15.2. The normalized spacial score (nSPS) is 16.6. The molecule has 1 fully saturated rings. The average molecular weight is 511 g/mol. The second-order valence-corrected chi connectivity index (χ2v) is 8.77. The van der Waals surface area contributed by atoms with Crippen LogP contribution in [-0.2, 0) is 16.2 Å². The third-order valence-electron chi connectivity index (χ3n) is 6.19. The Morgan fingerprint density at radius 2 is 1.61 bits per heavy atom. The molecule has 0 saturated carbocycles. The van der Waals surface area contributed by atoms with Gasteiger partial charge in [-0.25, -0.2) is 0 Å². The van der Waals surface area contributed by atoms with Crippen LogP contribution in [0.2, 0.25) is 0 Å². The summed E-state index contributed by atoms with van der Waals surface area (Å²) in [5.74, 6) is 0.0142. The highest BCUT2D eigenvalue weighted by molar-refractivity contribution is 6.51. The van der Waals surface area contributed by atoms with Gasteiger partial charge in [-0.15, -0.1) is 0 Å². The fraction of sp³-hybridized carbons (Fsp3) is 0.167. The molecule has 38 heavy (non-hydrogen) atoms. The van der Waals surface area contributed by atoms with Crippen LogP contribution in [0.15, 0.2) is 95.0 Å². The van der Waals surface area contributed by atoms with E-state index in [2.05, 4.69) is 5.16 Å². The van der Waals surface area contributed by atoms with Crippen LogP contribution in [-0.4, -0.2) is 28.6 Å². The van der Waals surface area contributed by atoms with Crippen LogP contribution >= 0.6 is 0 Å². The summed E-state index contributed by atoms with van der Waals surface area (Å²) in [4.78, 5) is 27.7. The SMILES string of the molecule is CCOc1ccc(/C(O)=C2\C(=O)C(=O)N(c3cc(C)on3)[C@H]2c2ccc(OCc3ccccc3)cc2)cc1. The van der Waals surface area contributed by atoms with Crippen molar-refractivity contribution in [1.82, 2.24) is 5.16 Å². The van der Waals surface area contributed by atoms with Crippen molar-refractivity contribution < 1.29 is 28.7 Å². The van der Waals surface area contributed by atoms with Crippen molar-refractivity contribution in [3.8, 4) is 11.5 Å². The van der Waals surface area contributed by atoms with Crippen molar-refractivity contribution >= 4 is 23.3 Å². The number of rotatable bonds is 8. The van der Waals surface area contributed by atoms with E-state index in [1.54, 1.807) is 61.5 Å². The summed E-state index contributed by atoms with van der Waals surface area (Å²) in [6.45, 7) is 4.47. The highest BCUT2D eigenvalue weighted by Gasteiger charge is 2.48. The van der Waals surface area contributed by atoms with Gasteiger partial charge in [0, 0.05) is 11.6 Å². The number of aliphatic hydroxyl groups excluding tert-OH is 1.